The molecule has 1 heterocycles. The number of amides is 1. The van der Waals surface area contributed by atoms with Gasteiger partial charge in [-0.05, 0) is 20.3 Å². The summed E-state index contributed by atoms with van der Waals surface area (Å²) in [5.41, 5.74) is 0. The van der Waals surface area contributed by atoms with E-state index in [0.717, 1.165) is 13.0 Å². The molecule has 16 heavy (non-hydrogen) atoms. The van der Waals surface area contributed by atoms with Crippen molar-refractivity contribution in [1.29, 1.82) is 0 Å². The molecule has 5 nitrogen and oxygen atoms in total. The van der Waals surface area contributed by atoms with E-state index < -0.39 is 0 Å². The van der Waals surface area contributed by atoms with Crippen molar-refractivity contribution in [3.8, 4) is 0 Å². The van der Waals surface area contributed by atoms with E-state index in [9.17, 15) is 4.79 Å². The Bertz CT molecular complexity index is 215. The number of rotatable bonds is 5. The van der Waals surface area contributed by atoms with Crippen molar-refractivity contribution < 1.29 is 9.53 Å². The van der Waals surface area contributed by atoms with Crippen molar-refractivity contribution in [1.82, 2.24) is 16.0 Å². The van der Waals surface area contributed by atoms with Crippen LogP contribution in [0.15, 0.2) is 0 Å². The lowest BCUT2D eigenvalue weighted by Crippen LogP contribution is -2.59. The number of methoxy groups -OCH3 is 1. The smallest absolute Gasteiger partial charge is 0.238 e. The van der Waals surface area contributed by atoms with Gasteiger partial charge in [-0.2, -0.15) is 0 Å². The van der Waals surface area contributed by atoms with E-state index in [1.807, 2.05) is 6.92 Å². The third-order valence-electron chi connectivity index (χ3n) is 2.80. The highest BCUT2D eigenvalue weighted by atomic mass is 16.5. The van der Waals surface area contributed by atoms with Crippen LogP contribution in [0.5, 0.6) is 0 Å². The van der Waals surface area contributed by atoms with Gasteiger partial charge in [0.1, 0.15) is 0 Å². The molecule has 0 aromatic heterocycles. The summed E-state index contributed by atoms with van der Waals surface area (Å²) >= 11 is 0. The maximum absolute atomic E-state index is 11.8. The molecule has 1 aliphatic heterocycles. The van der Waals surface area contributed by atoms with Crippen molar-refractivity contribution >= 4 is 5.91 Å². The molecule has 0 radical (unpaired) electrons. The van der Waals surface area contributed by atoms with Gasteiger partial charge in [0.15, 0.2) is 0 Å². The monoisotopic (exact) mass is 229 g/mol. The highest BCUT2D eigenvalue weighted by molar-refractivity contribution is 5.82. The topological polar surface area (TPSA) is 62.4 Å². The molecule has 94 valence electrons. The normalized spacial score (nSPS) is 27.4. The van der Waals surface area contributed by atoms with Crippen molar-refractivity contribution in [2.24, 2.45) is 0 Å². The summed E-state index contributed by atoms with van der Waals surface area (Å²) in [6, 6.07) is 0.491. The zero-order valence-corrected chi connectivity index (χ0v) is 10.4. The third-order valence-corrected chi connectivity index (χ3v) is 2.80. The van der Waals surface area contributed by atoms with Crippen LogP contribution < -0.4 is 16.0 Å². The highest BCUT2D eigenvalue weighted by Gasteiger charge is 2.23. The van der Waals surface area contributed by atoms with Gasteiger partial charge in [-0.3, -0.25) is 4.79 Å². The minimum atomic E-state index is -0.110. The predicted octanol–water partition coefficient (Wildman–Crippen LogP) is -0.522. The number of nitrogens with one attached hydrogen (secondary N) is 3. The summed E-state index contributed by atoms with van der Waals surface area (Å²) < 4.78 is 4.97. The van der Waals surface area contributed by atoms with Crippen LogP contribution in [0.25, 0.3) is 0 Å². The average molecular weight is 229 g/mol. The minimum absolute atomic E-state index is 0.0722. The zero-order valence-electron chi connectivity index (χ0n) is 10.4. The Hall–Kier alpha value is -0.650. The molecular formula is C11H23N3O2. The van der Waals surface area contributed by atoms with E-state index in [1.54, 1.807) is 7.11 Å². The molecule has 5 heteroatoms. The Kier molecular flexibility index (Phi) is 5.73. The van der Waals surface area contributed by atoms with Crippen molar-refractivity contribution in [2.45, 2.75) is 38.4 Å². The van der Waals surface area contributed by atoms with Crippen LogP contribution in [-0.2, 0) is 9.53 Å². The first-order valence-corrected chi connectivity index (χ1v) is 5.89. The first kappa shape index (κ1) is 13.4. The van der Waals surface area contributed by atoms with Crippen LogP contribution in [0, 0.1) is 0 Å². The number of piperazine rings is 1. The highest BCUT2D eigenvalue weighted by Crippen LogP contribution is 1.96. The van der Waals surface area contributed by atoms with Gasteiger partial charge in [-0.25, -0.2) is 0 Å². The van der Waals surface area contributed by atoms with Gasteiger partial charge in [0.05, 0.1) is 6.04 Å². The summed E-state index contributed by atoms with van der Waals surface area (Å²) in [5.74, 6) is 0.0722. The second-order valence-electron chi connectivity index (χ2n) is 4.46. The average Bonchev–Trinajstić information content (AvgIpc) is 2.27. The third kappa shape index (κ3) is 4.47. The van der Waals surface area contributed by atoms with E-state index in [1.165, 1.54) is 0 Å². The largest absolute Gasteiger partial charge is 0.385 e. The molecule has 0 bridgehead atoms. The van der Waals surface area contributed by atoms with Crippen LogP contribution in [0.2, 0.25) is 0 Å². The lowest BCUT2D eigenvalue weighted by Gasteiger charge is -2.29. The molecule has 1 amide bonds. The number of hydrogen-bond donors (Lipinski definition) is 3. The van der Waals surface area contributed by atoms with Crippen molar-refractivity contribution in [3.63, 3.8) is 0 Å². The fourth-order valence-electron chi connectivity index (χ4n) is 1.68. The van der Waals surface area contributed by atoms with E-state index in [-0.39, 0.29) is 18.0 Å². The van der Waals surface area contributed by atoms with E-state index >= 15 is 0 Å². The molecule has 0 spiro atoms. The fraction of sp³-hybridized carbons (Fsp3) is 0.909. The number of carbonyl (C=O) groups excluding carboxylic acids is 1. The molecule has 3 unspecified atom stereocenters. The quantitative estimate of drug-likeness (QED) is 0.593. The van der Waals surface area contributed by atoms with Crippen molar-refractivity contribution in [2.75, 3.05) is 26.8 Å². The molecule has 1 aliphatic rings. The number of hydrogen-bond acceptors (Lipinski definition) is 4. The molecule has 3 atom stereocenters. The van der Waals surface area contributed by atoms with Gasteiger partial charge in [-0.1, -0.05) is 0 Å². The second kappa shape index (κ2) is 6.83. The van der Waals surface area contributed by atoms with E-state index in [2.05, 4.69) is 22.9 Å². The first-order valence-electron chi connectivity index (χ1n) is 5.89. The van der Waals surface area contributed by atoms with Gasteiger partial charge >= 0.3 is 0 Å². The van der Waals surface area contributed by atoms with Gasteiger partial charge in [0, 0.05) is 38.9 Å². The maximum Gasteiger partial charge on any atom is 0.238 e. The zero-order chi connectivity index (χ0) is 12.0. The molecule has 1 saturated heterocycles. The number of carbonyl (C=O) groups is 1. The summed E-state index contributed by atoms with van der Waals surface area (Å²) in [6.45, 7) is 6.31. The van der Waals surface area contributed by atoms with E-state index in [0.29, 0.717) is 19.2 Å². The van der Waals surface area contributed by atoms with Gasteiger partial charge in [0.2, 0.25) is 5.91 Å². The Balaban J connectivity index is 2.23. The Labute approximate surface area is 97.3 Å². The van der Waals surface area contributed by atoms with Crippen LogP contribution in [-0.4, -0.2) is 50.8 Å². The Morgan fingerprint density at radius 3 is 2.81 bits per heavy atom. The first-order chi connectivity index (χ1) is 7.63. The molecule has 0 aromatic carbocycles. The van der Waals surface area contributed by atoms with Gasteiger partial charge < -0.3 is 20.7 Å². The lowest BCUT2D eigenvalue weighted by atomic mass is 10.1. The Morgan fingerprint density at radius 2 is 2.25 bits per heavy atom. The standard InChI is InChI=1S/C11H23N3O2/c1-8(4-5-16-3)14-11(15)10-7-12-9(2)6-13-10/h8-10,12-13H,4-7H2,1-3H3,(H,14,15). The van der Waals surface area contributed by atoms with Crippen LogP contribution in [0.3, 0.4) is 0 Å². The van der Waals surface area contributed by atoms with Crippen LogP contribution in [0.4, 0.5) is 0 Å². The minimum Gasteiger partial charge on any atom is -0.385 e. The van der Waals surface area contributed by atoms with E-state index in [4.69, 9.17) is 4.74 Å². The Morgan fingerprint density at radius 1 is 1.50 bits per heavy atom. The van der Waals surface area contributed by atoms with Crippen LogP contribution in [0.1, 0.15) is 20.3 Å². The van der Waals surface area contributed by atoms with Crippen molar-refractivity contribution in [3.05, 3.63) is 0 Å². The summed E-state index contributed by atoms with van der Waals surface area (Å²) in [7, 11) is 1.67. The fourth-order valence-corrected chi connectivity index (χ4v) is 1.68. The SMILES string of the molecule is COCCC(C)NC(=O)C1CNC(C)CN1. The molecule has 0 aliphatic carbocycles. The molecule has 3 N–H and O–H groups in total. The summed E-state index contributed by atoms with van der Waals surface area (Å²) in [4.78, 5) is 11.8. The molecular weight excluding hydrogens is 206 g/mol. The molecule has 1 rings (SSSR count). The maximum atomic E-state index is 11.8. The summed E-state index contributed by atoms with van der Waals surface area (Å²) in [5, 5.41) is 9.48. The van der Waals surface area contributed by atoms with Gasteiger partial charge in [0.25, 0.3) is 0 Å². The molecule has 0 saturated carbocycles. The van der Waals surface area contributed by atoms with Crippen LogP contribution >= 0.6 is 0 Å². The second-order valence-corrected chi connectivity index (χ2v) is 4.46. The predicted molar refractivity (Wildman–Crippen MR) is 63.4 cm³/mol. The molecule has 0 aromatic rings. The number of ether oxygens (including phenoxy) is 1. The molecule has 1 fully saturated rings. The lowest BCUT2D eigenvalue weighted by molar-refractivity contribution is -0.124. The van der Waals surface area contributed by atoms with Gasteiger partial charge in [-0.15, -0.1) is 0 Å². The summed E-state index contributed by atoms with van der Waals surface area (Å²) in [6.07, 6.45) is 0.846.